The van der Waals surface area contributed by atoms with Crippen molar-refractivity contribution < 1.29 is 14.3 Å². The average Bonchev–Trinajstić information content (AvgIpc) is 2.48. The Hall–Kier alpha value is -1.66. The highest BCUT2D eigenvalue weighted by molar-refractivity contribution is 5.93. The van der Waals surface area contributed by atoms with Crippen LogP contribution >= 0.6 is 0 Å². The minimum absolute atomic E-state index is 0.144. The summed E-state index contributed by atoms with van der Waals surface area (Å²) >= 11 is 0. The summed E-state index contributed by atoms with van der Waals surface area (Å²) in [5.74, 6) is 0.303. The Bertz CT molecular complexity index is 456. The first-order valence-electron chi connectivity index (χ1n) is 7.36. The minimum Gasteiger partial charge on any atom is -0.619 e. The van der Waals surface area contributed by atoms with Gasteiger partial charge < -0.3 is 15.3 Å². The van der Waals surface area contributed by atoms with E-state index in [0.717, 1.165) is 26.3 Å². The highest BCUT2D eigenvalue weighted by atomic mass is 16.5. The highest BCUT2D eigenvalue weighted by Gasteiger charge is 2.24. The molecule has 0 spiro atoms. The fraction of sp³-hybridized carbons (Fsp3) is 0.600. The van der Waals surface area contributed by atoms with E-state index in [0.29, 0.717) is 28.8 Å². The van der Waals surface area contributed by atoms with E-state index in [9.17, 15) is 10.0 Å². The number of ether oxygens (including phenoxy) is 1. The Morgan fingerprint density at radius 1 is 1.38 bits per heavy atom. The van der Waals surface area contributed by atoms with Crippen molar-refractivity contribution in [3.05, 3.63) is 35.3 Å². The summed E-state index contributed by atoms with van der Waals surface area (Å²) in [4.78, 5) is 14.5. The van der Waals surface area contributed by atoms with Gasteiger partial charge in [-0.15, -0.1) is 0 Å². The summed E-state index contributed by atoms with van der Waals surface area (Å²) in [5.41, 5.74) is 0.506. The van der Waals surface area contributed by atoms with Crippen LogP contribution in [-0.2, 0) is 4.74 Å². The fourth-order valence-electron chi connectivity index (χ4n) is 2.56. The zero-order valence-electron chi connectivity index (χ0n) is 12.6. The number of nitrogens with one attached hydrogen (secondary N) is 1. The molecule has 0 saturated carbocycles. The van der Waals surface area contributed by atoms with Gasteiger partial charge in [0, 0.05) is 37.8 Å². The van der Waals surface area contributed by atoms with Crippen LogP contribution in [0.5, 0.6) is 0 Å². The maximum atomic E-state index is 12.1. The van der Waals surface area contributed by atoms with Gasteiger partial charge in [-0.1, -0.05) is 13.8 Å². The van der Waals surface area contributed by atoms with Gasteiger partial charge >= 0.3 is 0 Å². The topological polar surface area (TPSA) is 68.5 Å². The maximum absolute atomic E-state index is 12.1. The summed E-state index contributed by atoms with van der Waals surface area (Å²) in [6.45, 7) is 8.23. The third-order valence-electron chi connectivity index (χ3n) is 3.82. The Morgan fingerprint density at radius 3 is 2.57 bits per heavy atom. The molecule has 1 fully saturated rings. The molecule has 2 rings (SSSR count). The van der Waals surface area contributed by atoms with Crippen molar-refractivity contribution in [2.75, 3.05) is 32.8 Å². The number of carbonyl (C=O) groups is 1. The lowest BCUT2D eigenvalue weighted by Gasteiger charge is -2.36. The van der Waals surface area contributed by atoms with Crippen molar-refractivity contribution in [1.82, 2.24) is 10.2 Å². The summed E-state index contributed by atoms with van der Waals surface area (Å²) in [7, 11) is 0. The van der Waals surface area contributed by atoms with Crippen molar-refractivity contribution >= 4 is 5.91 Å². The number of nitrogens with zero attached hydrogens (tertiary/aromatic N) is 2. The largest absolute Gasteiger partial charge is 0.619 e. The number of hydrogen-bond donors (Lipinski definition) is 1. The molecule has 1 atom stereocenters. The van der Waals surface area contributed by atoms with E-state index in [1.807, 2.05) is 0 Å². The van der Waals surface area contributed by atoms with Crippen LogP contribution < -0.4 is 10.0 Å². The van der Waals surface area contributed by atoms with Crippen LogP contribution in [0.2, 0.25) is 0 Å². The minimum atomic E-state index is -0.144. The SMILES string of the molecule is CC(C)C(CNC(=O)c1cc[n+]([O-])cc1)N1CCOCC1. The number of amides is 1. The molecular formula is C15H23N3O3. The smallest absolute Gasteiger partial charge is 0.251 e. The highest BCUT2D eigenvalue weighted by Crippen LogP contribution is 2.12. The van der Waals surface area contributed by atoms with Crippen LogP contribution in [0.4, 0.5) is 0 Å². The second kappa shape index (κ2) is 7.38. The zero-order valence-corrected chi connectivity index (χ0v) is 12.6. The average molecular weight is 293 g/mol. The second-order valence-electron chi connectivity index (χ2n) is 5.62. The van der Waals surface area contributed by atoms with Crippen LogP contribution in [0.3, 0.4) is 0 Å². The van der Waals surface area contributed by atoms with Gasteiger partial charge in [-0.05, 0) is 5.92 Å². The number of pyridine rings is 1. The lowest BCUT2D eigenvalue weighted by Crippen LogP contribution is -2.51. The van der Waals surface area contributed by atoms with Gasteiger partial charge in [0.2, 0.25) is 0 Å². The molecule has 1 aromatic rings. The van der Waals surface area contributed by atoms with Gasteiger partial charge in [-0.3, -0.25) is 9.69 Å². The number of rotatable bonds is 5. The van der Waals surface area contributed by atoms with Gasteiger partial charge in [0.05, 0.1) is 18.8 Å². The third kappa shape index (κ3) is 4.41. The Balaban J connectivity index is 1.91. The summed E-state index contributed by atoms with van der Waals surface area (Å²) < 4.78 is 6.04. The molecule has 1 aromatic heterocycles. The Kier molecular flexibility index (Phi) is 5.52. The molecule has 116 valence electrons. The number of aromatic nitrogens is 1. The molecule has 1 saturated heterocycles. The van der Waals surface area contributed by atoms with Crippen LogP contribution in [-0.4, -0.2) is 49.7 Å². The molecule has 0 aliphatic carbocycles. The van der Waals surface area contributed by atoms with Crippen molar-refractivity contribution in [3.8, 4) is 0 Å². The van der Waals surface area contributed by atoms with Crippen LogP contribution in [0, 0.1) is 11.1 Å². The first-order valence-corrected chi connectivity index (χ1v) is 7.36. The molecule has 6 nitrogen and oxygen atoms in total. The monoisotopic (exact) mass is 293 g/mol. The molecule has 1 aliphatic rings. The summed E-state index contributed by atoms with van der Waals surface area (Å²) in [6.07, 6.45) is 2.66. The predicted molar refractivity (Wildman–Crippen MR) is 78.8 cm³/mol. The quantitative estimate of drug-likeness (QED) is 0.630. The van der Waals surface area contributed by atoms with Gasteiger partial charge in [0.15, 0.2) is 12.4 Å². The normalized spacial score (nSPS) is 17.7. The Morgan fingerprint density at radius 2 is 2.00 bits per heavy atom. The fourth-order valence-corrected chi connectivity index (χ4v) is 2.56. The molecule has 1 aliphatic heterocycles. The van der Waals surface area contributed by atoms with E-state index >= 15 is 0 Å². The van der Waals surface area contributed by atoms with Crippen molar-refractivity contribution in [3.63, 3.8) is 0 Å². The number of hydrogen-bond acceptors (Lipinski definition) is 4. The number of carbonyl (C=O) groups excluding carboxylic acids is 1. The molecule has 21 heavy (non-hydrogen) atoms. The van der Waals surface area contributed by atoms with E-state index in [2.05, 4.69) is 24.1 Å². The van der Waals surface area contributed by atoms with E-state index < -0.39 is 0 Å². The van der Waals surface area contributed by atoms with Crippen LogP contribution in [0.15, 0.2) is 24.5 Å². The first-order chi connectivity index (χ1) is 10.1. The van der Waals surface area contributed by atoms with Crippen LogP contribution in [0.1, 0.15) is 24.2 Å². The Labute approximate surface area is 125 Å². The lowest BCUT2D eigenvalue weighted by molar-refractivity contribution is -0.605. The maximum Gasteiger partial charge on any atom is 0.251 e. The molecule has 6 heteroatoms. The standard InChI is InChI=1S/C15H23N3O3/c1-12(2)14(17-7-9-21-10-8-17)11-16-15(19)13-3-5-18(20)6-4-13/h3-6,12,14H,7-11H2,1-2H3,(H,16,19). The van der Waals surface area contributed by atoms with Gasteiger partial charge in [0.1, 0.15) is 0 Å². The molecule has 1 amide bonds. The van der Waals surface area contributed by atoms with Gasteiger partial charge in [-0.2, -0.15) is 4.73 Å². The van der Waals surface area contributed by atoms with Crippen molar-refractivity contribution in [1.29, 1.82) is 0 Å². The molecular weight excluding hydrogens is 270 g/mol. The molecule has 1 N–H and O–H groups in total. The van der Waals surface area contributed by atoms with E-state index in [1.165, 1.54) is 24.5 Å². The van der Waals surface area contributed by atoms with E-state index in [-0.39, 0.29) is 5.91 Å². The third-order valence-corrected chi connectivity index (χ3v) is 3.82. The first kappa shape index (κ1) is 15.7. The molecule has 0 bridgehead atoms. The van der Waals surface area contributed by atoms with Crippen molar-refractivity contribution in [2.24, 2.45) is 5.92 Å². The summed E-state index contributed by atoms with van der Waals surface area (Å²) in [5, 5.41) is 13.9. The van der Waals surface area contributed by atoms with Crippen LogP contribution in [0.25, 0.3) is 0 Å². The zero-order chi connectivity index (χ0) is 15.2. The predicted octanol–water partition coefficient (Wildman–Crippen LogP) is 0.407. The molecule has 1 unspecified atom stereocenters. The van der Waals surface area contributed by atoms with Gasteiger partial charge in [0.25, 0.3) is 5.91 Å². The molecule has 0 radical (unpaired) electrons. The van der Waals surface area contributed by atoms with E-state index in [1.54, 1.807) is 0 Å². The molecule has 0 aromatic carbocycles. The van der Waals surface area contributed by atoms with E-state index in [4.69, 9.17) is 4.74 Å². The van der Waals surface area contributed by atoms with Crippen molar-refractivity contribution in [2.45, 2.75) is 19.9 Å². The van der Waals surface area contributed by atoms with Gasteiger partial charge in [-0.25, -0.2) is 0 Å². The molecule has 2 heterocycles. The second-order valence-corrected chi connectivity index (χ2v) is 5.62. The number of morpholine rings is 1. The summed E-state index contributed by atoms with van der Waals surface area (Å²) in [6, 6.07) is 3.36. The lowest BCUT2D eigenvalue weighted by atomic mass is 10.0.